The number of ether oxygens (including phenoxy) is 1. The molecule has 0 unspecified atom stereocenters. The number of esters is 1. The smallest absolute Gasteiger partial charge is 0.337 e. The lowest BCUT2D eigenvalue weighted by Crippen LogP contribution is -2.19. The minimum atomic E-state index is -0.343. The van der Waals surface area contributed by atoms with E-state index in [0.717, 1.165) is 30.4 Å². The quantitative estimate of drug-likeness (QED) is 0.875. The molecule has 0 aliphatic carbocycles. The predicted octanol–water partition coefficient (Wildman–Crippen LogP) is 2.61. The molecule has 0 atom stereocenters. The van der Waals surface area contributed by atoms with Gasteiger partial charge in [0.1, 0.15) is 18.0 Å². The summed E-state index contributed by atoms with van der Waals surface area (Å²) in [5, 5.41) is 3.22. The number of hydrogen-bond acceptors (Lipinski definition) is 6. The first-order chi connectivity index (χ1) is 10.8. The second-order valence-electron chi connectivity index (χ2n) is 5.15. The van der Waals surface area contributed by atoms with E-state index < -0.39 is 0 Å². The molecular weight excluding hydrogens is 280 g/mol. The zero-order valence-corrected chi connectivity index (χ0v) is 12.5. The summed E-state index contributed by atoms with van der Waals surface area (Å²) in [6.07, 6.45) is 3.99. The molecule has 1 N–H and O–H groups in total. The normalized spacial score (nSPS) is 14.0. The van der Waals surface area contributed by atoms with Crippen molar-refractivity contribution in [2.75, 3.05) is 30.4 Å². The Morgan fingerprint density at radius 1 is 1.18 bits per heavy atom. The Morgan fingerprint density at radius 2 is 1.91 bits per heavy atom. The Kier molecular flexibility index (Phi) is 4.18. The first-order valence-electron chi connectivity index (χ1n) is 7.28. The van der Waals surface area contributed by atoms with E-state index in [0.29, 0.717) is 5.56 Å². The lowest BCUT2D eigenvalue weighted by Gasteiger charge is -2.16. The molecule has 1 fully saturated rings. The fourth-order valence-electron chi connectivity index (χ4n) is 2.49. The van der Waals surface area contributed by atoms with E-state index in [1.807, 2.05) is 18.2 Å². The summed E-state index contributed by atoms with van der Waals surface area (Å²) < 4.78 is 4.68. The van der Waals surface area contributed by atoms with Crippen molar-refractivity contribution in [3.63, 3.8) is 0 Å². The van der Waals surface area contributed by atoms with Crippen LogP contribution in [-0.2, 0) is 4.74 Å². The number of nitrogens with zero attached hydrogens (tertiary/aromatic N) is 3. The van der Waals surface area contributed by atoms with Crippen LogP contribution in [-0.4, -0.2) is 36.1 Å². The summed E-state index contributed by atoms with van der Waals surface area (Å²) >= 11 is 0. The first-order valence-corrected chi connectivity index (χ1v) is 7.28. The van der Waals surface area contributed by atoms with E-state index in [2.05, 4.69) is 24.9 Å². The fraction of sp³-hybridized carbons (Fsp3) is 0.312. The van der Waals surface area contributed by atoms with Crippen LogP contribution in [0, 0.1) is 0 Å². The maximum atomic E-state index is 11.4. The van der Waals surface area contributed by atoms with Crippen LogP contribution in [0.3, 0.4) is 0 Å². The van der Waals surface area contributed by atoms with Gasteiger partial charge in [-0.05, 0) is 37.1 Å². The number of carbonyl (C=O) groups is 1. The number of rotatable bonds is 4. The van der Waals surface area contributed by atoms with Gasteiger partial charge >= 0.3 is 5.97 Å². The summed E-state index contributed by atoms with van der Waals surface area (Å²) in [4.78, 5) is 22.2. The van der Waals surface area contributed by atoms with Gasteiger partial charge in [-0.2, -0.15) is 0 Å². The van der Waals surface area contributed by atoms with Crippen LogP contribution < -0.4 is 10.2 Å². The zero-order valence-electron chi connectivity index (χ0n) is 12.5. The van der Waals surface area contributed by atoms with Crippen molar-refractivity contribution in [1.82, 2.24) is 9.97 Å². The standard InChI is InChI=1S/C16H18N4O2/c1-22-16(21)12-4-6-13(7-5-12)19-14-10-15(18-11-17-14)20-8-2-3-9-20/h4-7,10-11H,2-3,8-9H2,1H3,(H,17,18,19). The Morgan fingerprint density at radius 3 is 2.59 bits per heavy atom. The Balaban J connectivity index is 1.72. The highest BCUT2D eigenvalue weighted by Crippen LogP contribution is 2.21. The van der Waals surface area contributed by atoms with Crippen molar-refractivity contribution >= 4 is 23.3 Å². The average Bonchev–Trinajstić information content (AvgIpc) is 3.10. The third-order valence-corrected chi connectivity index (χ3v) is 3.66. The number of anilines is 3. The molecule has 0 bridgehead atoms. The van der Waals surface area contributed by atoms with Crippen molar-refractivity contribution in [3.8, 4) is 0 Å². The molecule has 1 aliphatic heterocycles. The van der Waals surface area contributed by atoms with Crippen molar-refractivity contribution < 1.29 is 9.53 Å². The Labute approximate surface area is 129 Å². The molecule has 1 saturated heterocycles. The lowest BCUT2D eigenvalue weighted by molar-refractivity contribution is 0.0601. The SMILES string of the molecule is COC(=O)c1ccc(Nc2cc(N3CCCC3)ncn2)cc1. The maximum absolute atomic E-state index is 11.4. The minimum Gasteiger partial charge on any atom is -0.465 e. The Bertz CT molecular complexity index is 651. The van der Waals surface area contributed by atoms with Gasteiger partial charge in [0.15, 0.2) is 0 Å². The molecule has 2 heterocycles. The van der Waals surface area contributed by atoms with Crippen molar-refractivity contribution in [1.29, 1.82) is 0 Å². The number of methoxy groups -OCH3 is 1. The molecule has 6 nitrogen and oxygen atoms in total. The summed E-state index contributed by atoms with van der Waals surface area (Å²) in [5.41, 5.74) is 1.38. The highest BCUT2D eigenvalue weighted by atomic mass is 16.5. The third-order valence-electron chi connectivity index (χ3n) is 3.66. The molecule has 1 aliphatic rings. The molecule has 3 rings (SSSR count). The van der Waals surface area contributed by atoms with E-state index in [4.69, 9.17) is 0 Å². The van der Waals surface area contributed by atoms with Gasteiger partial charge in [-0.25, -0.2) is 14.8 Å². The van der Waals surface area contributed by atoms with Gasteiger partial charge in [-0.1, -0.05) is 0 Å². The topological polar surface area (TPSA) is 67.3 Å². The number of benzene rings is 1. The van der Waals surface area contributed by atoms with Crippen molar-refractivity contribution in [3.05, 3.63) is 42.2 Å². The van der Waals surface area contributed by atoms with Crippen LogP contribution in [0.25, 0.3) is 0 Å². The van der Waals surface area contributed by atoms with Crippen LogP contribution in [0.1, 0.15) is 23.2 Å². The molecule has 22 heavy (non-hydrogen) atoms. The molecule has 1 aromatic carbocycles. The molecule has 0 radical (unpaired) electrons. The summed E-state index contributed by atoms with van der Waals surface area (Å²) in [6, 6.07) is 9.03. The summed E-state index contributed by atoms with van der Waals surface area (Å²) in [6.45, 7) is 2.09. The monoisotopic (exact) mass is 298 g/mol. The molecule has 0 amide bonds. The Hall–Kier alpha value is -2.63. The van der Waals surface area contributed by atoms with Gasteiger partial charge in [0.05, 0.1) is 12.7 Å². The van der Waals surface area contributed by atoms with E-state index in [-0.39, 0.29) is 5.97 Å². The fourth-order valence-corrected chi connectivity index (χ4v) is 2.49. The van der Waals surface area contributed by atoms with Gasteiger partial charge in [0.25, 0.3) is 0 Å². The molecule has 114 valence electrons. The highest BCUT2D eigenvalue weighted by Gasteiger charge is 2.14. The number of carbonyl (C=O) groups excluding carboxylic acids is 1. The van der Waals surface area contributed by atoms with Crippen LogP contribution in [0.4, 0.5) is 17.3 Å². The van der Waals surface area contributed by atoms with Gasteiger partial charge < -0.3 is 15.0 Å². The predicted molar refractivity (Wildman–Crippen MR) is 84.5 cm³/mol. The third kappa shape index (κ3) is 3.16. The molecule has 6 heteroatoms. The average molecular weight is 298 g/mol. The van der Waals surface area contributed by atoms with Crippen LogP contribution >= 0.6 is 0 Å². The summed E-state index contributed by atoms with van der Waals surface area (Å²) in [5.74, 6) is 1.34. The largest absolute Gasteiger partial charge is 0.465 e. The zero-order chi connectivity index (χ0) is 15.4. The van der Waals surface area contributed by atoms with E-state index in [1.165, 1.54) is 20.0 Å². The molecule has 2 aromatic rings. The van der Waals surface area contributed by atoms with Gasteiger partial charge in [-0.3, -0.25) is 0 Å². The molecule has 1 aromatic heterocycles. The molecule has 0 saturated carbocycles. The second kappa shape index (κ2) is 6.43. The van der Waals surface area contributed by atoms with Gasteiger partial charge in [0, 0.05) is 24.8 Å². The first kappa shape index (κ1) is 14.3. The van der Waals surface area contributed by atoms with Crippen LogP contribution in [0.15, 0.2) is 36.7 Å². The minimum absolute atomic E-state index is 0.343. The van der Waals surface area contributed by atoms with E-state index in [1.54, 1.807) is 18.5 Å². The van der Waals surface area contributed by atoms with E-state index in [9.17, 15) is 4.79 Å². The van der Waals surface area contributed by atoms with Gasteiger partial charge in [-0.15, -0.1) is 0 Å². The lowest BCUT2D eigenvalue weighted by atomic mass is 10.2. The van der Waals surface area contributed by atoms with Crippen LogP contribution in [0.2, 0.25) is 0 Å². The molecular formula is C16H18N4O2. The highest BCUT2D eigenvalue weighted by molar-refractivity contribution is 5.89. The second-order valence-corrected chi connectivity index (χ2v) is 5.15. The number of hydrogen-bond donors (Lipinski definition) is 1. The maximum Gasteiger partial charge on any atom is 0.337 e. The van der Waals surface area contributed by atoms with Crippen molar-refractivity contribution in [2.24, 2.45) is 0 Å². The van der Waals surface area contributed by atoms with Gasteiger partial charge in [0.2, 0.25) is 0 Å². The van der Waals surface area contributed by atoms with Crippen molar-refractivity contribution in [2.45, 2.75) is 12.8 Å². The van der Waals surface area contributed by atoms with Crippen LogP contribution in [0.5, 0.6) is 0 Å². The number of aromatic nitrogens is 2. The number of nitrogens with one attached hydrogen (secondary N) is 1. The van der Waals surface area contributed by atoms with E-state index >= 15 is 0 Å². The summed E-state index contributed by atoms with van der Waals surface area (Å²) in [7, 11) is 1.37. The molecule has 0 spiro atoms.